The van der Waals surface area contributed by atoms with Gasteiger partial charge in [-0.2, -0.15) is 0 Å². The van der Waals surface area contributed by atoms with E-state index >= 15 is 0 Å². The topological polar surface area (TPSA) is 51.8 Å². The van der Waals surface area contributed by atoms with E-state index in [0.29, 0.717) is 15.4 Å². The third-order valence-corrected chi connectivity index (χ3v) is 3.81. The quantitative estimate of drug-likeness (QED) is 0.795. The average Bonchev–Trinajstić information content (AvgIpc) is 2.72. The van der Waals surface area contributed by atoms with Gasteiger partial charge in [-0.1, -0.05) is 23.1 Å². The second-order valence-electron chi connectivity index (χ2n) is 2.86. The number of hydrogen-bond acceptors (Lipinski definition) is 6. The largest absolute Gasteiger partial charge is 0.437 e. The highest BCUT2D eigenvalue weighted by Gasteiger charge is 2.08. The van der Waals surface area contributed by atoms with Gasteiger partial charge in [0.25, 0.3) is 5.22 Å². The van der Waals surface area contributed by atoms with Crippen molar-refractivity contribution in [2.24, 2.45) is 0 Å². The van der Waals surface area contributed by atoms with Crippen molar-refractivity contribution in [1.82, 2.24) is 15.2 Å². The molecule has 80 valence electrons. The Bertz CT molecular complexity index is 449. The molecule has 0 aliphatic rings. The Morgan fingerprint density at radius 3 is 2.73 bits per heavy atom. The van der Waals surface area contributed by atoms with Crippen LogP contribution in [0.25, 0.3) is 0 Å². The highest BCUT2D eigenvalue weighted by molar-refractivity contribution is 7.98. The molecule has 2 heterocycles. The summed E-state index contributed by atoms with van der Waals surface area (Å²) >= 11 is 8.53. The van der Waals surface area contributed by atoms with E-state index in [4.69, 9.17) is 16.0 Å². The molecule has 0 amide bonds. The molecule has 0 radical (unpaired) electrons. The standard InChI is InChI=1S/C8H8ClN3OS2/c1-4-5(2)13-8(10-4)14-3-6-11-12-7(9)15-6/h3H2,1-2H3. The SMILES string of the molecule is Cc1nc(SCc2nnc(Cl)s2)oc1C. The number of rotatable bonds is 3. The number of hydrogen-bond donors (Lipinski definition) is 0. The molecule has 0 spiro atoms. The molecule has 0 aromatic carbocycles. The Morgan fingerprint density at radius 2 is 2.20 bits per heavy atom. The van der Waals surface area contributed by atoms with Crippen molar-refractivity contribution < 1.29 is 4.42 Å². The Hall–Kier alpha value is -0.590. The third-order valence-electron chi connectivity index (χ3n) is 1.77. The maximum absolute atomic E-state index is 5.67. The lowest BCUT2D eigenvalue weighted by Crippen LogP contribution is -1.79. The first-order chi connectivity index (χ1) is 7.15. The number of oxazole rings is 1. The summed E-state index contributed by atoms with van der Waals surface area (Å²) < 4.78 is 5.88. The van der Waals surface area contributed by atoms with Crippen LogP contribution in [0.3, 0.4) is 0 Å². The van der Waals surface area contributed by atoms with Gasteiger partial charge in [-0.15, -0.1) is 10.2 Å². The molecular weight excluding hydrogens is 254 g/mol. The molecule has 0 unspecified atom stereocenters. The van der Waals surface area contributed by atoms with Crippen molar-refractivity contribution in [2.45, 2.75) is 24.8 Å². The van der Waals surface area contributed by atoms with E-state index in [1.54, 1.807) is 0 Å². The van der Waals surface area contributed by atoms with E-state index in [0.717, 1.165) is 16.5 Å². The second kappa shape index (κ2) is 4.51. The van der Waals surface area contributed by atoms with Crippen molar-refractivity contribution in [3.63, 3.8) is 0 Å². The molecule has 0 saturated carbocycles. The third kappa shape index (κ3) is 2.70. The lowest BCUT2D eigenvalue weighted by molar-refractivity contribution is 0.431. The Morgan fingerprint density at radius 1 is 1.40 bits per heavy atom. The van der Waals surface area contributed by atoms with Crippen molar-refractivity contribution in [2.75, 3.05) is 0 Å². The number of aromatic nitrogens is 3. The minimum absolute atomic E-state index is 0.463. The summed E-state index contributed by atoms with van der Waals surface area (Å²) in [7, 11) is 0. The normalized spacial score (nSPS) is 10.9. The molecule has 0 aliphatic heterocycles. The van der Waals surface area contributed by atoms with Crippen LogP contribution in [0.2, 0.25) is 4.47 Å². The van der Waals surface area contributed by atoms with Gasteiger partial charge in [0.1, 0.15) is 10.8 Å². The first kappa shape index (κ1) is 10.9. The fourth-order valence-electron chi connectivity index (χ4n) is 0.920. The van der Waals surface area contributed by atoms with E-state index in [1.165, 1.54) is 23.1 Å². The van der Waals surface area contributed by atoms with Crippen LogP contribution in [0.4, 0.5) is 0 Å². The first-order valence-electron chi connectivity index (χ1n) is 4.20. The summed E-state index contributed by atoms with van der Waals surface area (Å²) in [5.74, 6) is 1.54. The minimum atomic E-state index is 0.463. The van der Waals surface area contributed by atoms with Crippen LogP contribution in [0.15, 0.2) is 9.64 Å². The number of thioether (sulfide) groups is 1. The minimum Gasteiger partial charge on any atom is -0.437 e. The lowest BCUT2D eigenvalue weighted by Gasteiger charge is -1.90. The first-order valence-corrected chi connectivity index (χ1v) is 6.38. The zero-order valence-corrected chi connectivity index (χ0v) is 10.5. The predicted octanol–water partition coefficient (Wildman–Crippen LogP) is 3.09. The highest BCUT2D eigenvalue weighted by atomic mass is 35.5. The fourth-order valence-corrected chi connectivity index (χ4v) is 2.69. The van der Waals surface area contributed by atoms with Crippen LogP contribution >= 0.6 is 34.7 Å². The molecule has 0 fully saturated rings. The summed E-state index contributed by atoms with van der Waals surface area (Å²) in [6, 6.07) is 0. The maximum atomic E-state index is 5.67. The molecular formula is C8H8ClN3OS2. The molecule has 2 rings (SSSR count). The van der Waals surface area contributed by atoms with Crippen LogP contribution < -0.4 is 0 Å². The van der Waals surface area contributed by atoms with E-state index in [-0.39, 0.29) is 0 Å². The van der Waals surface area contributed by atoms with Crippen molar-refractivity contribution in [3.05, 3.63) is 20.9 Å². The molecule has 0 N–H and O–H groups in total. The summed E-state index contributed by atoms with van der Waals surface area (Å²) in [4.78, 5) is 4.25. The van der Waals surface area contributed by atoms with Crippen molar-refractivity contribution >= 4 is 34.7 Å². The van der Waals surface area contributed by atoms with Gasteiger partial charge in [-0.05, 0) is 25.4 Å². The zero-order chi connectivity index (χ0) is 10.8. The summed E-state index contributed by atoms with van der Waals surface area (Å²) in [6.45, 7) is 3.82. The smallest absolute Gasteiger partial charge is 0.256 e. The average molecular weight is 262 g/mol. The molecule has 4 nitrogen and oxygen atoms in total. The molecule has 0 bridgehead atoms. The molecule has 15 heavy (non-hydrogen) atoms. The van der Waals surface area contributed by atoms with Crippen molar-refractivity contribution in [1.29, 1.82) is 0 Å². The van der Waals surface area contributed by atoms with E-state index in [2.05, 4.69) is 15.2 Å². The van der Waals surface area contributed by atoms with Crippen molar-refractivity contribution in [3.8, 4) is 0 Å². The lowest BCUT2D eigenvalue weighted by atomic mass is 10.4. The van der Waals surface area contributed by atoms with Gasteiger partial charge in [-0.25, -0.2) is 4.98 Å². The van der Waals surface area contributed by atoms with Gasteiger partial charge in [0.05, 0.1) is 11.4 Å². The molecule has 7 heteroatoms. The van der Waals surface area contributed by atoms with Gasteiger partial charge in [0.15, 0.2) is 0 Å². The molecule has 2 aromatic heterocycles. The summed E-state index contributed by atoms with van der Waals surface area (Å²) in [6.07, 6.45) is 0. The van der Waals surface area contributed by atoms with Crippen LogP contribution in [0.5, 0.6) is 0 Å². The molecule has 0 saturated heterocycles. The summed E-state index contributed by atoms with van der Waals surface area (Å²) in [5, 5.41) is 9.16. The van der Waals surface area contributed by atoms with E-state index < -0.39 is 0 Å². The Labute approximate surface area is 100 Å². The number of aryl methyl sites for hydroxylation is 2. The maximum Gasteiger partial charge on any atom is 0.256 e. The number of nitrogens with zero attached hydrogens (tertiary/aromatic N) is 3. The Kier molecular flexibility index (Phi) is 3.28. The zero-order valence-electron chi connectivity index (χ0n) is 8.15. The van der Waals surface area contributed by atoms with Crippen LogP contribution in [0, 0.1) is 13.8 Å². The fraction of sp³-hybridized carbons (Fsp3) is 0.375. The molecule has 2 aromatic rings. The van der Waals surface area contributed by atoms with Gasteiger partial charge in [0, 0.05) is 0 Å². The summed E-state index contributed by atoms with van der Waals surface area (Å²) in [5.41, 5.74) is 0.924. The van der Waals surface area contributed by atoms with Crippen LogP contribution in [-0.2, 0) is 5.75 Å². The van der Waals surface area contributed by atoms with E-state index in [1.807, 2.05) is 13.8 Å². The highest BCUT2D eigenvalue weighted by Crippen LogP contribution is 2.26. The molecule has 0 aliphatic carbocycles. The monoisotopic (exact) mass is 261 g/mol. The second-order valence-corrected chi connectivity index (χ2v) is 5.43. The van der Waals surface area contributed by atoms with E-state index in [9.17, 15) is 0 Å². The predicted molar refractivity (Wildman–Crippen MR) is 60.5 cm³/mol. The van der Waals surface area contributed by atoms with Gasteiger partial charge in [0.2, 0.25) is 4.47 Å². The van der Waals surface area contributed by atoms with Crippen LogP contribution in [0.1, 0.15) is 16.5 Å². The molecule has 0 atom stereocenters. The van der Waals surface area contributed by atoms with Gasteiger partial charge in [-0.3, -0.25) is 0 Å². The van der Waals surface area contributed by atoms with Gasteiger partial charge < -0.3 is 4.42 Å². The van der Waals surface area contributed by atoms with Gasteiger partial charge >= 0.3 is 0 Å². The Balaban J connectivity index is 1.99. The number of halogens is 1. The van der Waals surface area contributed by atoms with Crippen LogP contribution in [-0.4, -0.2) is 15.2 Å².